The van der Waals surface area contributed by atoms with Crippen LogP contribution in [0.1, 0.15) is 11.3 Å². The van der Waals surface area contributed by atoms with Gasteiger partial charge in [-0.3, -0.25) is 5.32 Å². The lowest BCUT2D eigenvalue weighted by molar-refractivity contribution is 0.259. The Hall–Kier alpha value is -1.82. The highest BCUT2D eigenvalue weighted by Crippen LogP contribution is 2.39. The van der Waals surface area contributed by atoms with Crippen molar-refractivity contribution in [2.45, 2.75) is 12.8 Å². The quantitative estimate of drug-likeness (QED) is 0.806. The van der Waals surface area contributed by atoms with Crippen LogP contribution < -0.4 is 11.1 Å². The van der Waals surface area contributed by atoms with E-state index in [4.69, 9.17) is 5.73 Å². The lowest BCUT2D eigenvalue weighted by Crippen LogP contribution is -2.19. The van der Waals surface area contributed by atoms with E-state index in [0.29, 0.717) is 5.13 Å². The molecule has 5 nitrogen and oxygen atoms in total. The summed E-state index contributed by atoms with van der Waals surface area (Å²) < 4.78 is 2.10. The monoisotopic (exact) mass is 248 g/mol. The lowest BCUT2D eigenvalue weighted by Gasteiger charge is -2.12. The van der Waals surface area contributed by atoms with E-state index in [1.54, 1.807) is 0 Å². The number of nitrogens with zero attached hydrogens (tertiary/aromatic N) is 2. The predicted octanol–water partition coefficient (Wildman–Crippen LogP) is 1.74. The number of aryl methyl sites for hydroxylation is 3. The van der Waals surface area contributed by atoms with Gasteiger partial charge >= 0.3 is 6.03 Å². The molecule has 0 unspecified atom stereocenters. The van der Waals surface area contributed by atoms with Crippen LogP contribution in [0, 0.1) is 0 Å². The SMILES string of the molecule is Cn1ccc2c1-c1sc(NC(N)=O)nc1CC2. The Bertz CT molecular complexity index is 599. The minimum atomic E-state index is -0.566. The molecule has 0 radical (unpaired) electrons. The topological polar surface area (TPSA) is 72.9 Å². The van der Waals surface area contributed by atoms with Crippen molar-refractivity contribution in [1.29, 1.82) is 0 Å². The normalized spacial score (nSPS) is 13.0. The highest BCUT2D eigenvalue weighted by Gasteiger charge is 2.23. The summed E-state index contributed by atoms with van der Waals surface area (Å²) in [5.41, 5.74) is 8.70. The fraction of sp³-hybridized carbons (Fsp3) is 0.273. The van der Waals surface area contributed by atoms with E-state index in [1.165, 1.54) is 22.6 Å². The molecule has 88 valence electrons. The Morgan fingerprint density at radius 3 is 3.18 bits per heavy atom. The van der Waals surface area contributed by atoms with Crippen molar-refractivity contribution in [3.8, 4) is 10.6 Å². The molecule has 0 saturated carbocycles. The number of rotatable bonds is 1. The Balaban J connectivity index is 2.09. The number of anilines is 1. The number of carbonyl (C=O) groups is 1. The first-order valence-corrected chi connectivity index (χ1v) is 6.17. The fourth-order valence-corrected chi connectivity index (χ4v) is 3.35. The largest absolute Gasteiger partial charge is 0.351 e. The number of nitrogens with one attached hydrogen (secondary N) is 1. The Morgan fingerprint density at radius 1 is 1.59 bits per heavy atom. The van der Waals surface area contributed by atoms with E-state index in [-0.39, 0.29) is 0 Å². The van der Waals surface area contributed by atoms with Crippen LogP contribution in [-0.2, 0) is 19.9 Å². The first-order valence-electron chi connectivity index (χ1n) is 5.36. The molecule has 3 rings (SSSR count). The van der Waals surface area contributed by atoms with Crippen LogP contribution in [0.2, 0.25) is 0 Å². The molecule has 0 spiro atoms. The van der Waals surface area contributed by atoms with Crippen molar-refractivity contribution in [3.05, 3.63) is 23.5 Å². The molecule has 3 N–H and O–H groups in total. The number of nitrogens with two attached hydrogens (primary N) is 1. The summed E-state index contributed by atoms with van der Waals surface area (Å²) in [6.45, 7) is 0. The predicted molar refractivity (Wildman–Crippen MR) is 67.1 cm³/mol. The van der Waals surface area contributed by atoms with Gasteiger partial charge in [0.05, 0.1) is 16.3 Å². The van der Waals surface area contributed by atoms with Gasteiger partial charge in [0, 0.05) is 13.2 Å². The van der Waals surface area contributed by atoms with Gasteiger partial charge in [-0.05, 0) is 24.5 Å². The van der Waals surface area contributed by atoms with Crippen molar-refractivity contribution in [1.82, 2.24) is 9.55 Å². The molecule has 0 aromatic carbocycles. The average Bonchev–Trinajstić information content (AvgIpc) is 2.80. The molecule has 2 heterocycles. The van der Waals surface area contributed by atoms with E-state index in [1.807, 2.05) is 7.05 Å². The maximum absolute atomic E-state index is 10.8. The van der Waals surface area contributed by atoms with Crippen LogP contribution in [0.4, 0.5) is 9.93 Å². The summed E-state index contributed by atoms with van der Waals surface area (Å²) >= 11 is 1.48. The number of amides is 2. The van der Waals surface area contributed by atoms with E-state index >= 15 is 0 Å². The Kier molecular flexibility index (Phi) is 2.19. The number of fused-ring (bicyclic) bond motifs is 3. The number of urea groups is 1. The van der Waals surface area contributed by atoms with Crippen molar-refractivity contribution in [3.63, 3.8) is 0 Å². The molecule has 0 aliphatic heterocycles. The van der Waals surface area contributed by atoms with Gasteiger partial charge in [-0.1, -0.05) is 11.3 Å². The standard InChI is InChI=1S/C11H12N4OS/c1-15-5-4-6-2-3-7-9(8(6)15)17-11(13-7)14-10(12)16/h4-5H,2-3H2,1H3,(H3,12,13,14,16). The van der Waals surface area contributed by atoms with Crippen LogP contribution in [0.3, 0.4) is 0 Å². The summed E-state index contributed by atoms with van der Waals surface area (Å²) in [5.74, 6) is 0. The highest BCUT2D eigenvalue weighted by molar-refractivity contribution is 7.19. The molecular formula is C11H12N4OS. The molecule has 0 atom stereocenters. The zero-order valence-corrected chi connectivity index (χ0v) is 10.2. The van der Waals surface area contributed by atoms with E-state index < -0.39 is 6.03 Å². The van der Waals surface area contributed by atoms with Crippen LogP contribution >= 0.6 is 11.3 Å². The van der Waals surface area contributed by atoms with Crippen LogP contribution in [0.25, 0.3) is 10.6 Å². The molecule has 6 heteroatoms. The summed E-state index contributed by atoms with van der Waals surface area (Å²) in [5, 5.41) is 3.12. The van der Waals surface area contributed by atoms with Gasteiger partial charge < -0.3 is 10.3 Å². The van der Waals surface area contributed by atoms with E-state index in [9.17, 15) is 4.79 Å². The lowest BCUT2D eigenvalue weighted by atomic mass is 10.0. The zero-order chi connectivity index (χ0) is 12.0. The smallest absolute Gasteiger partial charge is 0.318 e. The molecule has 1 aliphatic carbocycles. The van der Waals surface area contributed by atoms with Gasteiger partial charge in [-0.25, -0.2) is 9.78 Å². The molecule has 0 bridgehead atoms. The number of hydrogen-bond acceptors (Lipinski definition) is 3. The van der Waals surface area contributed by atoms with Crippen LogP contribution in [0.5, 0.6) is 0 Å². The van der Waals surface area contributed by atoms with Gasteiger partial charge in [-0.15, -0.1) is 0 Å². The maximum atomic E-state index is 10.8. The number of hydrogen-bond donors (Lipinski definition) is 2. The second-order valence-electron chi connectivity index (χ2n) is 4.08. The minimum absolute atomic E-state index is 0.566. The zero-order valence-electron chi connectivity index (χ0n) is 9.36. The van der Waals surface area contributed by atoms with E-state index in [0.717, 1.165) is 23.4 Å². The molecule has 2 aromatic heterocycles. The third-order valence-corrected chi connectivity index (χ3v) is 3.95. The molecule has 17 heavy (non-hydrogen) atoms. The summed E-state index contributed by atoms with van der Waals surface area (Å²) in [4.78, 5) is 16.4. The second-order valence-corrected chi connectivity index (χ2v) is 5.08. The van der Waals surface area contributed by atoms with Gasteiger partial charge in [0.1, 0.15) is 0 Å². The summed E-state index contributed by atoms with van der Waals surface area (Å²) in [6, 6.07) is 1.57. The van der Waals surface area contributed by atoms with Crippen molar-refractivity contribution in [2.24, 2.45) is 12.8 Å². The third kappa shape index (κ3) is 1.61. The number of primary amides is 1. The minimum Gasteiger partial charge on any atom is -0.351 e. The first kappa shape index (κ1) is 10.3. The molecule has 0 fully saturated rings. The van der Waals surface area contributed by atoms with Gasteiger partial charge in [-0.2, -0.15) is 0 Å². The number of carbonyl (C=O) groups excluding carboxylic acids is 1. The number of aromatic nitrogens is 2. The third-order valence-electron chi connectivity index (χ3n) is 2.93. The molecule has 1 aliphatic rings. The fourth-order valence-electron chi connectivity index (χ4n) is 2.21. The average molecular weight is 248 g/mol. The Labute approximate surface area is 102 Å². The number of thiazole rings is 1. The first-order chi connectivity index (χ1) is 8.15. The van der Waals surface area contributed by atoms with Crippen molar-refractivity contribution < 1.29 is 4.79 Å². The summed E-state index contributed by atoms with van der Waals surface area (Å²) in [6.07, 6.45) is 3.98. The van der Waals surface area contributed by atoms with Gasteiger partial charge in [0.15, 0.2) is 5.13 Å². The highest BCUT2D eigenvalue weighted by atomic mass is 32.1. The van der Waals surface area contributed by atoms with E-state index in [2.05, 4.69) is 27.1 Å². The van der Waals surface area contributed by atoms with Crippen molar-refractivity contribution in [2.75, 3.05) is 5.32 Å². The maximum Gasteiger partial charge on any atom is 0.318 e. The van der Waals surface area contributed by atoms with Gasteiger partial charge in [0.25, 0.3) is 0 Å². The molecule has 2 amide bonds. The molecule has 2 aromatic rings. The molecule has 0 saturated heterocycles. The van der Waals surface area contributed by atoms with Crippen molar-refractivity contribution >= 4 is 22.5 Å². The van der Waals surface area contributed by atoms with Gasteiger partial charge in [0.2, 0.25) is 0 Å². The molecular weight excluding hydrogens is 236 g/mol. The van der Waals surface area contributed by atoms with Crippen LogP contribution in [0.15, 0.2) is 12.3 Å². The summed E-state index contributed by atoms with van der Waals surface area (Å²) in [7, 11) is 2.02. The second kappa shape index (κ2) is 3.59. The Morgan fingerprint density at radius 2 is 2.41 bits per heavy atom. The van der Waals surface area contributed by atoms with Crippen LogP contribution in [-0.4, -0.2) is 15.6 Å².